The van der Waals surface area contributed by atoms with Gasteiger partial charge in [0.15, 0.2) is 6.73 Å². The number of ether oxygens (including phenoxy) is 1. The van der Waals surface area contributed by atoms with Crippen LogP contribution in [0.5, 0.6) is 5.75 Å². The molecule has 1 N–H and O–H groups in total. The average Bonchev–Trinajstić information content (AvgIpc) is 3.19. The van der Waals surface area contributed by atoms with Crippen LogP contribution in [-0.4, -0.2) is 21.7 Å². The van der Waals surface area contributed by atoms with Crippen molar-refractivity contribution in [3.8, 4) is 5.75 Å². The highest BCUT2D eigenvalue weighted by atomic mass is 79.9. The summed E-state index contributed by atoms with van der Waals surface area (Å²) >= 11 is 3.42. The third-order valence-electron chi connectivity index (χ3n) is 7.59. The Hall–Kier alpha value is -1.82. The molecule has 1 atom stereocenters. The number of nitrogens with one attached hydrogen (secondary N) is 1. The molecule has 5 nitrogen and oxygen atoms in total. The molecule has 0 spiro atoms. The number of amides is 1. The quantitative estimate of drug-likeness (QED) is 0.587. The lowest BCUT2D eigenvalue weighted by molar-refractivity contribution is -0.0727. The van der Waals surface area contributed by atoms with Gasteiger partial charge in [0.25, 0.3) is 5.91 Å². The lowest BCUT2D eigenvalue weighted by Crippen LogP contribution is -2.56. The second kappa shape index (κ2) is 8.03. The molecule has 6 heteroatoms. The lowest BCUT2D eigenvalue weighted by atomic mass is 9.47. The molecule has 1 unspecified atom stereocenters. The minimum absolute atomic E-state index is 0.0556. The molecule has 4 aliphatic carbocycles. The lowest BCUT2D eigenvalue weighted by Gasteiger charge is -2.59. The smallest absolute Gasteiger partial charge is 0.272 e. The molecule has 4 aliphatic rings. The van der Waals surface area contributed by atoms with Crippen molar-refractivity contribution in [2.24, 2.45) is 23.2 Å². The molecule has 1 aromatic carbocycles. The summed E-state index contributed by atoms with van der Waals surface area (Å²) in [7, 11) is 0. The number of hydrogen-bond acceptors (Lipinski definition) is 3. The SMILES string of the molecule is CCC(NC(=O)c1ccn(COc2ccc(Br)cc2)n1)C12CC3CC(CC(C3)C1)C2. The highest BCUT2D eigenvalue weighted by Gasteiger charge is 2.54. The monoisotopic (exact) mass is 471 g/mol. The molecule has 160 valence electrons. The molecule has 6 rings (SSSR count). The van der Waals surface area contributed by atoms with Gasteiger partial charge in [-0.05, 0) is 98.4 Å². The molecule has 2 aromatic rings. The van der Waals surface area contributed by atoms with Crippen molar-refractivity contribution >= 4 is 21.8 Å². The van der Waals surface area contributed by atoms with Crippen molar-refractivity contribution < 1.29 is 9.53 Å². The van der Waals surface area contributed by atoms with Gasteiger partial charge >= 0.3 is 0 Å². The Balaban J connectivity index is 1.22. The van der Waals surface area contributed by atoms with Crippen LogP contribution in [0.25, 0.3) is 0 Å². The van der Waals surface area contributed by atoms with Crippen LogP contribution >= 0.6 is 15.9 Å². The van der Waals surface area contributed by atoms with Gasteiger partial charge in [0, 0.05) is 16.7 Å². The Labute approximate surface area is 186 Å². The Morgan fingerprint density at radius 1 is 1.17 bits per heavy atom. The van der Waals surface area contributed by atoms with E-state index in [0.717, 1.165) is 34.4 Å². The number of halogens is 1. The van der Waals surface area contributed by atoms with Gasteiger partial charge in [0.2, 0.25) is 0 Å². The van der Waals surface area contributed by atoms with Gasteiger partial charge in [-0.25, -0.2) is 4.68 Å². The summed E-state index contributed by atoms with van der Waals surface area (Å²) in [6.07, 6.45) is 11.0. The molecule has 4 bridgehead atoms. The van der Waals surface area contributed by atoms with Crippen LogP contribution in [0.3, 0.4) is 0 Å². The second-order valence-electron chi connectivity index (χ2n) is 9.68. The van der Waals surface area contributed by atoms with Crippen LogP contribution in [-0.2, 0) is 6.73 Å². The van der Waals surface area contributed by atoms with Gasteiger partial charge in [-0.2, -0.15) is 5.10 Å². The number of rotatable bonds is 7. The number of carbonyl (C=O) groups excluding carboxylic acids is 1. The summed E-state index contributed by atoms with van der Waals surface area (Å²) in [4.78, 5) is 13.0. The van der Waals surface area contributed by atoms with Crippen LogP contribution in [0.2, 0.25) is 0 Å². The summed E-state index contributed by atoms with van der Waals surface area (Å²) in [5.41, 5.74) is 0.782. The van der Waals surface area contributed by atoms with Crippen molar-refractivity contribution in [1.82, 2.24) is 15.1 Å². The maximum Gasteiger partial charge on any atom is 0.272 e. The first-order valence-corrected chi connectivity index (χ1v) is 12.0. The first-order valence-electron chi connectivity index (χ1n) is 11.3. The summed E-state index contributed by atoms with van der Waals surface area (Å²) in [6, 6.07) is 9.71. The van der Waals surface area contributed by atoms with E-state index in [1.807, 2.05) is 24.3 Å². The van der Waals surface area contributed by atoms with E-state index in [-0.39, 0.29) is 18.7 Å². The highest BCUT2D eigenvalue weighted by Crippen LogP contribution is 2.61. The van der Waals surface area contributed by atoms with Crippen LogP contribution in [0.4, 0.5) is 0 Å². The molecular weight excluding hydrogens is 442 g/mol. The molecule has 30 heavy (non-hydrogen) atoms. The van der Waals surface area contributed by atoms with Crippen LogP contribution in [0.15, 0.2) is 41.0 Å². The van der Waals surface area contributed by atoms with E-state index in [4.69, 9.17) is 4.74 Å². The first-order chi connectivity index (χ1) is 14.5. The Kier molecular flexibility index (Phi) is 5.38. The minimum atomic E-state index is -0.0556. The van der Waals surface area contributed by atoms with E-state index >= 15 is 0 Å². The molecule has 1 heterocycles. The van der Waals surface area contributed by atoms with Crippen molar-refractivity contribution in [3.63, 3.8) is 0 Å². The van der Waals surface area contributed by atoms with E-state index in [9.17, 15) is 4.79 Å². The van der Waals surface area contributed by atoms with Gasteiger partial charge in [-0.15, -0.1) is 0 Å². The number of benzene rings is 1. The molecular formula is C24H30BrN3O2. The summed E-state index contributed by atoms with van der Waals surface area (Å²) < 4.78 is 8.44. The Bertz CT molecular complexity index is 872. The number of hydrogen-bond donors (Lipinski definition) is 1. The fourth-order valence-electron chi connectivity index (χ4n) is 6.75. The van der Waals surface area contributed by atoms with Gasteiger partial charge in [-0.1, -0.05) is 22.9 Å². The minimum Gasteiger partial charge on any atom is -0.471 e. The summed E-state index contributed by atoms with van der Waals surface area (Å²) in [5.74, 6) is 3.37. The predicted octanol–water partition coefficient (Wildman–Crippen LogP) is 5.41. The molecule has 0 aliphatic heterocycles. The van der Waals surface area contributed by atoms with Gasteiger partial charge in [-0.3, -0.25) is 4.79 Å². The molecule has 0 saturated heterocycles. The predicted molar refractivity (Wildman–Crippen MR) is 119 cm³/mol. The van der Waals surface area contributed by atoms with Crippen LogP contribution in [0, 0.1) is 23.2 Å². The molecule has 1 amide bonds. The second-order valence-corrected chi connectivity index (χ2v) is 10.6. The largest absolute Gasteiger partial charge is 0.471 e. The standard InChI is InChI=1S/C24H30BrN3O2/c1-2-22(24-12-16-9-17(13-24)11-18(10-16)14-24)26-23(29)21-7-8-28(27-21)15-30-20-5-3-19(25)4-6-20/h3-8,16-18,22H,2,9-15H2,1H3,(H,26,29). The average molecular weight is 472 g/mol. The third-order valence-corrected chi connectivity index (χ3v) is 8.12. The van der Waals surface area contributed by atoms with E-state index in [2.05, 4.69) is 33.3 Å². The van der Waals surface area contributed by atoms with Crippen LogP contribution < -0.4 is 10.1 Å². The topological polar surface area (TPSA) is 56.2 Å². The zero-order valence-corrected chi connectivity index (χ0v) is 19.1. The highest BCUT2D eigenvalue weighted by molar-refractivity contribution is 9.10. The fraction of sp³-hybridized carbons (Fsp3) is 0.583. The van der Waals surface area contributed by atoms with Crippen molar-refractivity contribution in [2.45, 2.75) is 64.6 Å². The van der Waals surface area contributed by atoms with Crippen molar-refractivity contribution in [1.29, 1.82) is 0 Å². The number of carbonyl (C=O) groups is 1. The van der Waals surface area contributed by atoms with E-state index in [1.165, 1.54) is 38.5 Å². The van der Waals surface area contributed by atoms with Crippen molar-refractivity contribution in [2.75, 3.05) is 0 Å². The maximum atomic E-state index is 13.0. The number of aromatic nitrogens is 2. The van der Waals surface area contributed by atoms with E-state index < -0.39 is 0 Å². The Morgan fingerprint density at radius 2 is 1.80 bits per heavy atom. The summed E-state index contributed by atoms with van der Waals surface area (Å²) in [6.45, 7) is 2.50. The zero-order valence-electron chi connectivity index (χ0n) is 17.5. The summed E-state index contributed by atoms with van der Waals surface area (Å²) in [5, 5.41) is 7.82. The molecule has 0 radical (unpaired) electrons. The van der Waals surface area contributed by atoms with Gasteiger partial charge < -0.3 is 10.1 Å². The maximum absolute atomic E-state index is 13.0. The van der Waals surface area contributed by atoms with Crippen molar-refractivity contribution in [3.05, 3.63) is 46.7 Å². The zero-order chi connectivity index (χ0) is 20.7. The van der Waals surface area contributed by atoms with E-state index in [1.54, 1.807) is 16.9 Å². The first kappa shape index (κ1) is 20.1. The van der Waals surface area contributed by atoms with Gasteiger partial charge in [0.05, 0.1) is 0 Å². The van der Waals surface area contributed by atoms with Crippen LogP contribution in [0.1, 0.15) is 62.4 Å². The Morgan fingerprint density at radius 3 is 2.40 bits per heavy atom. The molecule has 1 aromatic heterocycles. The third kappa shape index (κ3) is 3.91. The fourth-order valence-corrected chi connectivity index (χ4v) is 7.02. The van der Waals surface area contributed by atoms with E-state index in [0.29, 0.717) is 11.1 Å². The molecule has 4 saturated carbocycles. The normalized spacial score (nSPS) is 30.3. The molecule has 4 fully saturated rings. The van der Waals surface area contributed by atoms with Gasteiger partial charge in [0.1, 0.15) is 11.4 Å². The number of nitrogens with zero attached hydrogens (tertiary/aromatic N) is 2.